The summed E-state index contributed by atoms with van der Waals surface area (Å²) in [5, 5.41) is 11.2. The lowest BCUT2D eigenvalue weighted by Crippen LogP contribution is -2.24. The van der Waals surface area contributed by atoms with E-state index in [1.54, 1.807) is 0 Å². The number of hydrogen-bond donors (Lipinski definition) is 1. The van der Waals surface area contributed by atoms with Crippen LogP contribution in [0.25, 0.3) is 0 Å². The molecule has 0 unspecified atom stereocenters. The van der Waals surface area contributed by atoms with Crippen LogP contribution in [-0.4, -0.2) is 12.5 Å². The number of carbonyl (C=O) groups is 1. The summed E-state index contributed by atoms with van der Waals surface area (Å²) in [6, 6.07) is 12.1. The smallest absolute Gasteiger partial charge is 0.220 e. The third kappa shape index (κ3) is 6.36. The summed E-state index contributed by atoms with van der Waals surface area (Å²) in [5.74, 6) is 0.0887. The van der Waals surface area contributed by atoms with E-state index in [-0.39, 0.29) is 5.91 Å². The van der Waals surface area contributed by atoms with Crippen LogP contribution in [0.5, 0.6) is 0 Å². The summed E-state index contributed by atoms with van der Waals surface area (Å²) < 4.78 is 0. The Kier molecular flexibility index (Phi) is 6.50. The molecule has 0 aliphatic rings. The maximum atomic E-state index is 11.5. The third-order valence-electron chi connectivity index (χ3n) is 2.52. The van der Waals surface area contributed by atoms with Crippen molar-refractivity contribution in [1.29, 1.82) is 5.26 Å². The van der Waals surface area contributed by atoms with Gasteiger partial charge in [-0.3, -0.25) is 4.79 Å². The van der Waals surface area contributed by atoms with Crippen molar-refractivity contribution in [3.63, 3.8) is 0 Å². The minimum atomic E-state index is 0.0887. The maximum absolute atomic E-state index is 11.5. The summed E-state index contributed by atoms with van der Waals surface area (Å²) in [6.45, 7) is 0.676. The van der Waals surface area contributed by atoms with Crippen molar-refractivity contribution < 1.29 is 4.79 Å². The summed E-state index contributed by atoms with van der Waals surface area (Å²) in [5.41, 5.74) is 1.19. The minimum Gasteiger partial charge on any atom is -0.356 e. The molecular weight excluding hydrogens is 212 g/mol. The molecule has 17 heavy (non-hydrogen) atoms. The molecular formula is C14H18N2O. The number of rotatable bonds is 7. The highest BCUT2D eigenvalue weighted by Crippen LogP contribution is 2.02. The van der Waals surface area contributed by atoms with Crippen molar-refractivity contribution in [2.75, 3.05) is 6.54 Å². The first-order valence-electron chi connectivity index (χ1n) is 6.00. The molecule has 90 valence electrons. The highest BCUT2D eigenvalue weighted by atomic mass is 16.1. The SMILES string of the molecule is N#CCCCCNC(=O)CCc1ccccc1. The first kappa shape index (κ1) is 13.2. The average molecular weight is 230 g/mol. The molecule has 0 heterocycles. The molecule has 0 saturated carbocycles. The fourth-order valence-corrected chi connectivity index (χ4v) is 1.55. The summed E-state index contributed by atoms with van der Waals surface area (Å²) in [6.07, 6.45) is 3.62. The van der Waals surface area contributed by atoms with Gasteiger partial charge < -0.3 is 5.32 Å². The molecule has 3 heteroatoms. The van der Waals surface area contributed by atoms with Gasteiger partial charge in [-0.25, -0.2) is 0 Å². The predicted octanol–water partition coefficient (Wildman–Crippen LogP) is 2.43. The van der Waals surface area contributed by atoms with Crippen LogP contribution in [0.3, 0.4) is 0 Å². The number of nitriles is 1. The number of aryl methyl sites for hydroxylation is 1. The Balaban J connectivity index is 2.08. The van der Waals surface area contributed by atoms with Gasteiger partial charge in [0.05, 0.1) is 6.07 Å². The summed E-state index contributed by atoms with van der Waals surface area (Å²) in [7, 11) is 0. The molecule has 0 aromatic heterocycles. The molecule has 1 N–H and O–H groups in total. The number of benzene rings is 1. The lowest BCUT2D eigenvalue weighted by Gasteiger charge is -2.04. The second-order valence-electron chi connectivity index (χ2n) is 3.95. The third-order valence-corrected chi connectivity index (χ3v) is 2.52. The number of unbranched alkanes of at least 4 members (excludes halogenated alkanes) is 2. The molecule has 3 nitrogen and oxygen atoms in total. The summed E-state index contributed by atoms with van der Waals surface area (Å²) >= 11 is 0. The highest BCUT2D eigenvalue weighted by molar-refractivity contribution is 5.76. The van der Waals surface area contributed by atoms with Crippen LogP contribution < -0.4 is 5.32 Å². The largest absolute Gasteiger partial charge is 0.356 e. The standard InChI is InChI=1S/C14H18N2O/c15-11-5-2-6-12-16-14(17)10-9-13-7-3-1-4-8-13/h1,3-4,7-8H,2,5-6,9-10,12H2,(H,16,17). The first-order valence-corrected chi connectivity index (χ1v) is 6.00. The molecule has 0 bridgehead atoms. The Morgan fingerprint density at radius 1 is 1.24 bits per heavy atom. The fourth-order valence-electron chi connectivity index (χ4n) is 1.55. The van der Waals surface area contributed by atoms with Crippen LogP contribution in [-0.2, 0) is 11.2 Å². The Bertz CT molecular complexity index is 368. The van der Waals surface area contributed by atoms with Crippen molar-refractivity contribution in [2.45, 2.75) is 32.1 Å². The van der Waals surface area contributed by atoms with E-state index in [0.717, 1.165) is 19.3 Å². The molecule has 0 spiro atoms. The lowest BCUT2D eigenvalue weighted by molar-refractivity contribution is -0.121. The van der Waals surface area contributed by atoms with Gasteiger partial charge in [0.2, 0.25) is 5.91 Å². The van der Waals surface area contributed by atoms with Crippen LogP contribution >= 0.6 is 0 Å². The lowest BCUT2D eigenvalue weighted by atomic mass is 10.1. The molecule has 0 fully saturated rings. The highest BCUT2D eigenvalue weighted by Gasteiger charge is 2.00. The maximum Gasteiger partial charge on any atom is 0.220 e. The summed E-state index contributed by atoms with van der Waals surface area (Å²) in [4.78, 5) is 11.5. The van der Waals surface area contributed by atoms with Gasteiger partial charge in [0.25, 0.3) is 0 Å². The van der Waals surface area contributed by atoms with Gasteiger partial charge in [-0.15, -0.1) is 0 Å². The van der Waals surface area contributed by atoms with Crippen molar-refractivity contribution in [3.05, 3.63) is 35.9 Å². The van der Waals surface area contributed by atoms with E-state index >= 15 is 0 Å². The van der Waals surface area contributed by atoms with Crippen molar-refractivity contribution in [1.82, 2.24) is 5.32 Å². The molecule has 1 rings (SSSR count). The van der Waals surface area contributed by atoms with E-state index in [1.807, 2.05) is 30.3 Å². The normalized spacial score (nSPS) is 9.59. The Morgan fingerprint density at radius 3 is 2.71 bits per heavy atom. The van der Waals surface area contributed by atoms with E-state index < -0.39 is 0 Å². The van der Waals surface area contributed by atoms with E-state index in [9.17, 15) is 4.79 Å². The van der Waals surface area contributed by atoms with Gasteiger partial charge in [-0.2, -0.15) is 5.26 Å². The van der Waals surface area contributed by atoms with Crippen LogP contribution in [0.15, 0.2) is 30.3 Å². The molecule has 0 saturated heterocycles. The van der Waals surface area contributed by atoms with Gasteiger partial charge in [0, 0.05) is 19.4 Å². The zero-order valence-electron chi connectivity index (χ0n) is 9.98. The molecule has 0 aliphatic carbocycles. The Labute approximate surface area is 102 Å². The van der Waals surface area contributed by atoms with Gasteiger partial charge >= 0.3 is 0 Å². The topological polar surface area (TPSA) is 52.9 Å². The number of nitrogens with zero attached hydrogens (tertiary/aromatic N) is 1. The van der Waals surface area contributed by atoms with Crippen LogP contribution in [0.2, 0.25) is 0 Å². The van der Waals surface area contributed by atoms with E-state index in [2.05, 4.69) is 11.4 Å². The second-order valence-corrected chi connectivity index (χ2v) is 3.95. The Morgan fingerprint density at radius 2 is 2.00 bits per heavy atom. The molecule has 0 radical (unpaired) electrons. The zero-order chi connectivity index (χ0) is 12.3. The van der Waals surface area contributed by atoms with E-state index in [1.165, 1.54) is 5.56 Å². The molecule has 0 aliphatic heterocycles. The van der Waals surface area contributed by atoms with E-state index in [0.29, 0.717) is 19.4 Å². The predicted molar refractivity (Wildman–Crippen MR) is 67.2 cm³/mol. The average Bonchev–Trinajstić information content (AvgIpc) is 2.37. The number of amides is 1. The van der Waals surface area contributed by atoms with Crippen molar-refractivity contribution in [3.8, 4) is 6.07 Å². The number of hydrogen-bond acceptors (Lipinski definition) is 2. The van der Waals surface area contributed by atoms with Crippen LogP contribution in [0.4, 0.5) is 0 Å². The second kappa shape index (κ2) is 8.35. The van der Waals surface area contributed by atoms with Crippen LogP contribution in [0, 0.1) is 11.3 Å². The van der Waals surface area contributed by atoms with Gasteiger partial charge in [0.1, 0.15) is 0 Å². The quantitative estimate of drug-likeness (QED) is 0.731. The number of carbonyl (C=O) groups excluding carboxylic acids is 1. The van der Waals surface area contributed by atoms with Crippen molar-refractivity contribution >= 4 is 5.91 Å². The monoisotopic (exact) mass is 230 g/mol. The van der Waals surface area contributed by atoms with Crippen molar-refractivity contribution in [2.24, 2.45) is 0 Å². The molecule has 1 aromatic carbocycles. The van der Waals surface area contributed by atoms with Crippen LogP contribution in [0.1, 0.15) is 31.2 Å². The van der Waals surface area contributed by atoms with Gasteiger partial charge in [-0.1, -0.05) is 30.3 Å². The minimum absolute atomic E-state index is 0.0887. The first-order chi connectivity index (χ1) is 8.33. The fraction of sp³-hybridized carbons (Fsp3) is 0.429. The Hall–Kier alpha value is -1.82. The van der Waals surface area contributed by atoms with Gasteiger partial charge in [0.15, 0.2) is 0 Å². The molecule has 1 amide bonds. The molecule has 0 atom stereocenters. The zero-order valence-corrected chi connectivity index (χ0v) is 9.98. The van der Waals surface area contributed by atoms with Gasteiger partial charge in [-0.05, 0) is 24.8 Å². The van der Waals surface area contributed by atoms with E-state index in [4.69, 9.17) is 5.26 Å². The number of nitrogens with one attached hydrogen (secondary N) is 1. The molecule has 1 aromatic rings.